The average molecular weight is 433 g/mol. The molecule has 1 saturated carbocycles. The van der Waals surface area contributed by atoms with Crippen LogP contribution in [0.15, 0.2) is 47.5 Å². The molecule has 0 aliphatic heterocycles. The van der Waals surface area contributed by atoms with Gasteiger partial charge in [0.2, 0.25) is 5.96 Å². The van der Waals surface area contributed by atoms with Crippen LogP contribution in [0.3, 0.4) is 0 Å². The summed E-state index contributed by atoms with van der Waals surface area (Å²) >= 11 is 0. The van der Waals surface area contributed by atoms with Gasteiger partial charge >= 0.3 is 0 Å². The van der Waals surface area contributed by atoms with Gasteiger partial charge in [-0.05, 0) is 67.6 Å². The Kier molecular flexibility index (Phi) is 8.22. The van der Waals surface area contributed by atoms with Crippen LogP contribution < -0.4 is 25.3 Å². The Balaban J connectivity index is 1.90. The topological polar surface area (TPSA) is 102 Å². The predicted molar refractivity (Wildman–Crippen MR) is 124 cm³/mol. The number of guanidine groups is 1. The summed E-state index contributed by atoms with van der Waals surface area (Å²) < 4.78 is 16.9. The number of ether oxygens (including phenoxy) is 3. The van der Waals surface area contributed by atoms with Gasteiger partial charge in [0.25, 0.3) is 0 Å². The summed E-state index contributed by atoms with van der Waals surface area (Å²) in [5, 5.41) is 11.1. The van der Waals surface area contributed by atoms with Crippen molar-refractivity contribution in [2.24, 2.45) is 10.7 Å². The molecule has 166 valence electrons. The molecule has 1 unspecified atom stereocenters. The summed E-state index contributed by atoms with van der Waals surface area (Å²) in [5.74, 6) is 8.46. The van der Waals surface area contributed by atoms with E-state index in [0.29, 0.717) is 18.0 Å². The van der Waals surface area contributed by atoms with Crippen LogP contribution in [0.5, 0.6) is 17.2 Å². The number of nitrogens with one attached hydrogen (secondary N) is 1. The van der Waals surface area contributed by atoms with E-state index < -0.39 is 0 Å². The van der Waals surface area contributed by atoms with Crippen molar-refractivity contribution in [2.75, 3.05) is 20.8 Å². The number of hydrogen-bond acceptors (Lipinski definition) is 5. The molecule has 0 spiro atoms. The Hall–Kier alpha value is -3.84. The molecule has 0 amide bonds. The smallest absolute Gasteiger partial charge is 0.202 e. The number of nitrogens with two attached hydrogens (primary N) is 1. The zero-order chi connectivity index (χ0) is 22.8. The van der Waals surface area contributed by atoms with Gasteiger partial charge in [0.1, 0.15) is 5.75 Å². The Bertz CT molecular complexity index is 1030. The van der Waals surface area contributed by atoms with E-state index >= 15 is 0 Å². The third-order valence-electron chi connectivity index (χ3n) is 5.29. The lowest BCUT2D eigenvalue weighted by molar-refractivity contribution is 0.200. The molecule has 0 heterocycles. The first-order chi connectivity index (χ1) is 15.6. The van der Waals surface area contributed by atoms with E-state index in [0.717, 1.165) is 29.7 Å². The molecule has 3 N–H and O–H groups in total. The van der Waals surface area contributed by atoms with Crippen LogP contribution >= 0.6 is 0 Å². The first-order valence-electron chi connectivity index (χ1n) is 10.6. The molecule has 0 saturated heterocycles. The van der Waals surface area contributed by atoms with E-state index in [4.69, 9.17) is 25.2 Å². The van der Waals surface area contributed by atoms with Gasteiger partial charge < -0.3 is 19.9 Å². The van der Waals surface area contributed by atoms with Gasteiger partial charge in [0.15, 0.2) is 17.7 Å². The van der Waals surface area contributed by atoms with E-state index in [2.05, 4.69) is 22.2 Å². The minimum atomic E-state index is -0.257. The highest BCUT2D eigenvalue weighted by atomic mass is 16.5. The molecule has 7 nitrogen and oxygen atoms in total. The molecular weight excluding hydrogens is 404 g/mol. The summed E-state index contributed by atoms with van der Waals surface area (Å²) in [5.41, 5.74) is 7.54. The molecule has 1 fully saturated rings. The van der Waals surface area contributed by atoms with Crippen molar-refractivity contribution < 1.29 is 14.2 Å². The number of benzene rings is 2. The van der Waals surface area contributed by atoms with Gasteiger partial charge in [-0.3, -0.25) is 10.3 Å². The number of rotatable bonds is 7. The molecule has 0 bridgehead atoms. The summed E-state index contributed by atoms with van der Waals surface area (Å²) in [7, 11) is 3.26. The Morgan fingerprint density at radius 3 is 2.53 bits per heavy atom. The van der Waals surface area contributed by atoms with Crippen molar-refractivity contribution in [1.82, 2.24) is 5.32 Å². The maximum Gasteiger partial charge on any atom is 0.202 e. The van der Waals surface area contributed by atoms with Gasteiger partial charge in [-0.15, -0.1) is 0 Å². The molecule has 3 rings (SSSR count). The predicted octanol–water partition coefficient (Wildman–Crippen LogP) is 3.55. The summed E-state index contributed by atoms with van der Waals surface area (Å²) in [6.07, 6.45) is 6.45. The molecule has 2 aromatic rings. The minimum absolute atomic E-state index is 0.0553. The molecule has 0 aromatic heterocycles. The van der Waals surface area contributed by atoms with Gasteiger partial charge in [0.05, 0.1) is 32.8 Å². The molecule has 1 atom stereocenters. The first kappa shape index (κ1) is 22.8. The SMILES string of the molecule is COc1ccc(C#CC(CN=C(N)NC#N)c2ccc(OC)c(OC3CCCC3)c2)cc1. The van der Waals surface area contributed by atoms with Crippen molar-refractivity contribution in [1.29, 1.82) is 5.26 Å². The molecule has 2 aromatic carbocycles. The van der Waals surface area contributed by atoms with Crippen LogP contribution in [0.2, 0.25) is 0 Å². The van der Waals surface area contributed by atoms with Crippen LogP contribution in [0.25, 0.3) is 0 Å². The fraction of sp³-hybridized carbons (Fsp3) is 0.360. The molecule has 1 aliphatic carbocycles. The van der Waals surface area contributed by atoms with Gasteiger partial charge in [-0.25, -0.2) is 0 Å². The number of methoxy groups -OCH3 is 2. The molecule has 32 heavy (non-hydrogen) atoms. The molecule has 0 radical (unpaired) electrons. The van der Waals surface area contributed by atoms with E-state index in [1.165, 1.54) is 12.8 Å². The fourth-order valence-electron chi connectivity index (χ4n) is 3.55. The van der Waals surface area contributed by atoms with Crippen molar-refractivity contribution >= 4 is 5.96 Å². The number of nitriles is 1. The average Bonchev–Trinajstić information content (AvgIpc) is 3.33. The fourth-order valence-corrected chi connectivity index (χ4v) is 3.55. The van der Waals surface area contributed by atoms with Crippen molar-refractivity contribution in [3.8, 4) is 35.3 Å². The van der Waals surface area contributed by atoms with Crippen molar-refractivity contribution in [3.05, 3.63) is 53.6 Å². The zero-order valence-corrected chi connectivity index (χ0v) is 18.4. The molecular formula is C25H28N4O3. The monoisotopic (exact) mass is 432 g/mol. The van der Waals surface area contributed by atoms with E-state index in [1.54, 1.807) is 20.4 Å². The number of hydrogen-bond donors (Lipinski definition) is 2. The van der Waals surface area contributed by atoms with Crippen LogP contribution in [-0.4, -0.2) is 32.8 Å². The van der Waals surface area contributed by atoms with Gasteiger partial charge in [0, 0.05) is 5.56 Å². The summed E-state index contributed by atoms with van der Waals surface area (Å²) in [4.78, 5) is 4.27. The van der Waals surface area contributed by atoms with Gasteiger partial charge in [-0.2, -0.15) is 5.26 Å². The lowest BCUT2D eigenvalue weighted by Gasteiger charge is -2.18. The first-order valence-corrected chi connectivity index (χ1v) is 10.6. The highest BCUT2D eigenvalue weighted by molar-refractivity contribution is 5.79. The quantitative estimate of drug-likeness (QED) is 0.228. The van der Waals surface area contributed by atoms with E-state index in [1.807, 2.05) is 42.5 Å². The lowest BCUT2D eigenvalue weighted by atomic mass is 9.98. The summed E-state index contributed by atoms with van der Waals surface area (Å²) in [6.45, 7) is 0.291. The molecule has 1 aliphatic rings. The number of aliphatic imine (C=N–C) groups is 1. The van der Waals surface area contributed by atoms with Crippen LogP contribution in [-0.2, 0) is 0 Å². The second-order valence-corrected chi connectivity index (χ2v) is 7.45. The van der Waals surface area contributed by atoms with Crippen LogP contribution in [0, 0.1) is 23.3 Å². The highest BCUT2D eigenvalue weighted by Crippen LogP contribution is 2.34. The maximum absolute atomic E-state index is 8.75. The standard InChI is InChI=1S/C25H28N4O3/c1-30-21-12-8-18(9-13-21)7-10-20(16-28-25(27)29-17-26)19-11-14-23(31-2)24(15-19)32-22-5-3-4-6-22/h8-9,11-15,20,22H,3-6,16H2,1-2H3,(H3,27,28,29). The summed E-state index contributed by atoms with van der Waals surface area (Å²) in [6, 6.07) is 13.4. The minimum Gasteiger partial charge on any atom is -0.497 e. The largest absolute Gasteiger partial charge is 0.497 e. The Morgan fingerprint density at radius 1 is 1.12 bits per heavy atom. The van der Waals surface area contributed by atoms with Crippen molar-refractivity contribution in [3.63, 3.8) is 0 Å². The second-order valence-electron chi connectivity index (χ2n) is 7.45. The lowest BCUT2D eigenvalue weighted by Crippen LogP contribution is -2.28. The second kappa shape index (κ2) is 11.5. The maximum atomic E-state index is 8.75. The Morgan fingerprint density at radius 2 is 1.88 bits per heavy atom. The van der Waals surface area contributed by atoms with E-state index in [-0.39, 0.29) is 18.0 Å². The normalized spacial score (nSPS) is 14.6. The highest BCUT2D eigenvalue weighted by Gasteiger charge is 2.20. The zero-order valence-electron chi connectivity index (χ0n) is 18.4. The molecule has 7 heteroatoms. The van der Waals surface area contributed by atoms with Crippen LogP contribution in [0.1, 0.15) is 42.7 Å². The van der Waals surface area contributed by atoms with E-state index in [9.17, 15) is 0 Å². The third kappa shape index (κ3) is 6.33. The van der Waals surface area contributed by atoms with Crippen molar-refractivity contribution in [2.45, 2.75) is 37.7 Å². The van der Waals surface area contributed by atoms with Gasteiger partial charge in [-0.1, -0.05) is 17.9 Å². The third-order valence-corrected chi connectivity index (χ3v) is 5.29. The van der Waals surface area contributed by atoms with Crippen LogP contribution in [0.4, 0.5) is 0 Å². The number of nitrogens with zero attached hydrogens (tertiary/aromatic N) is 2. The Labute approximate surface area is 189 Å².